The van der Waals surface area contributed by atoms with Crippen molar-refractivity contribution in [3.05, 3.63) is 73.3 Å². The smallest absolute Gasteiger partial charge is 0.328 e. The first-order chi connectivity index (χ1) is 15.2. The van der Waals surface area contributed by atoms with Crippen molar-refractivity contribution in [1.82, 2.24) is 28.5 Å². The van der Waals surface area contributed by atoms with E-state index in [1.807, 2.05) is 0 Å². The lowest BCUT2D eigenvalue weighted by atomic mass is 10.3. The molecule has 0 aliphatic rings. The lowest BCUT2D eigenvalue weighted by Gasteiger charge is -2.11. The molecule has 4 aromatic rings. The van der Waals surface area contributed by atoms with E-state index in [1.54, 1.807) is 20.0 Å². The van der Waals surface area contributed by atoms with Crippen LogP contribution in [-0.2, 0) is 25.4 Å². The van der Waals surface area contributed by atoms with Gasteiger partial charge in [-0.3, -0.25) is 24.3 Å². The molecule has 0 fully saturated rings. The summed E-state index contributed by atoms with van der Waals surface area (Å²) in [7, 11) is 3.09. The molecule has 0 radical (unpaired) electrons. The maximum absolute atomic E-state index is 12.8. The van der Waals surface area contributed by atoms with Gasteiger partial charge in [-0.2, -0.15) is 5.10 Å². The van der Waals surface area contributed by atoms with Gasteiger partial charge in [-0.1, -0.05) is 0 Å². The number of carbonyl (C=O) groups is 1. The summed E-state index contributed by atoms with van der Waals surface area (Å²) in [6.07, 6.45) is 1.42. The third kappa shape index (κ3) is 3.45. The number of nitrogens with zero attached hydrogens (tertiary/aromatic N) is 7. The summed E-state index contributed by atoms with van der Waals surface area (Å²) < 4.78 is 4.93. The van der Waals surface area contributed by atoms with Gasteiger partial charge in [0.15, 0.2) is 11.2 Å². The Bertz CT molecular complexity index is 1490. The minimum absolute atomic E-state index is 0.0796. The SMILES string of the molecule is Cc1cc(NC(=O)Cn2c(=O)c3c(ncn3C)n(C)c2=O)n(-c2ccc([N+](=O)[O-])cc2)n1. The summed E-state index contributed by atoms with van der Waals surface area (Å²) in [5.41, 5.74) is 0.128. The van der Waals surface area contributed by atoms with Crippen LogP contribution in [0.5, 0.6) is 0 Å². The molecule has 0 saturated heterocycles. The van der Waals surface area contributed by atoms with Gasteiger partial charge < -0.3 is 9.88 Å². The zero-order chi connectivity index (χ0) is 23.2. The normalized spacial score (nSPS) is 11.1. The molecule has 4 rings (SSSR count). The van der Waals surface area contributed by atoms with Crippen molar-refractivity contribution in [2.45, 2.75) is 13.5 Å². The van der Waals surface area contributed by atoms with Crippen LogP contribution < -0.4 is 16.6 Å². The third-order valence-corrected chi connectivity index (χ3v) is 4.91. The van der Waals surface area contributed by atoms with E-state index in [1.165, 1.54) is 51.5 Å². The van der Waals surface area contributed by atoms with Gasteiger partial charge in [-0.25, -0.2) is 19.0 Å². The van der Waals surface area contributed by atoms with Gasteiger partial charge in [-0.15, -0.1) is 0 Å². The van der Waals surface area contributed by atoms with E-state index in [0.29, 0.717) is 11.4 Å². The fourth-order valence-corrected chi connectivity index (χ4v) is 3.36. The first-order valence-corrected chi connectivity index (χ1v) is 9.39. The van der Waals surface area contributed by atoms with Crippen molar-refractivity contribution in [3.63, 3.8) is 0 Å². The summed E-state index contributed by atoms with van der Waals surface area (Å²) in [5.74, 6) is -0.332. The molecule has 3 aromatic heterocycles. The van der Waals surface area contributed by atoms with Crippen LogP contribution in [-0.4, -0.2) is 39.3 Å². The minimum Gasteiger partial charge on any atom is -0.328 e. The summed E-state index contributed by atoms with van der Waals surface area (Å²) >= 11 is 0. The topological polar surface area (TPSA) is 152 Å². The number of benzene rings is 1. The molecule has 13 nitrogen and oxygen atoms in total. The summed E-state index contributed by atoms with van der Waals surface area (Å²) in [4.78, 5) is 52.5. The van der Waals surface area contributed by atoms with Crippen LogP contribution in [0.4, 0.5) is 11.5 Å². The fraction of sp³-hybridized carbons (Fsp3) is 0.211. The summed E-state index contributed by atoms with van der Waals surface area (Å²) in [6.45, 7) is 1.20. The number of nitro groups is 1. The maximum atomic E-state index is 12.8. The van der Waals surface area contributed by atoms with Crippen molar-refractivity contribution >= 4 is 28.6 Å². The van der Waals surface area contributed by atoms with Crippen LogP contribution in [0.25, 0.3) is 16.9 Å². The number of nitro benzene ring substituents is 1. The van der Waals surface area contributed by atoms with Gasteiger partial charge in [0.25, 0.3) is 11.2 Å². The predicted octanol–water partition coefficient (Wildman–Crippen LogP) is 0.475. The molecule has 0 atom stereocenters. The highest BCUT2D eigenvalue weighted by molar-refractivity contribution is 5.90. The monoisotopic (exact) mass is 438 g/mol. The van der Waals surface area contributed by atoms with Crippen LogP contribution in [0, 0.1) is 17.0 Å². The lowest BCUT2D eigenvalue weighted by Crippen LogP contribution is -2.42. The molecule has 0 bridgehead atoms. The van der Waals surface area contributed by atoms with Gasteiger partial charge in [0.05, 0.1) is 22.6 Å². The Balaban J connectivity index is 1.65. The number of amides is 1. The molecule has 0 spiro atoms. The number of non-ortho nitro benzene ring substituents is 1. The van der Waals surface area contributed by atoms with Crippen LogP contribution >= 0.6 is 0 Å². The number of hydrogen-bond donors (Lipinski definition) is 1. The van der Waals surface area contributed by atoms with E-state index in [-0.39, 0.29) is 22.7 Å². The van der Waals surface area contributed by atoms with E-state index in [0.717, 1.165) is 4.57 Å². The highest BCUT2D eigenvalue weighted by Crippen LogP contribution is 2.20. The van der Waals surface area contributed by atoms with E-state index < -0.39 is 28.6 Å². The number of aryl methyl sites for hydroxylation is 3. The van der Waals surface area contributed by atoms with E-state index in [4.69, 9.17) is 0 Å². The molecule has 0 aliphatic heterocycles. The molecule has 32 heavy (non-hydrogen) atoms. The Labute approximate surface area is 179 Å². The number of carbonyl (C=O) groups excluding carboxylic acids is 1. The van der Waals surface area contributed by atoms with Crippen LogP contribution in [0.3, 0.4) is 0 Å². The Morgan fingerprint density at radius 1 is 1.19 bits per heavy atom. The number of aromatic nitrogens is 6. The van der Waals surface area contributed by atoms with Crippen molar-refractivity contribution in [2.75, 3.05) is 5.32 Å². The number of anilines is 1. The van der Waals surface area contributed by atoms with Gasteiger partial charge in [0.2, 0.25) is 5.91 Å². The molecule has 3 heterocycles. The second-order valence-corrected chi connectivity index (χ2v) is 7.17. The molecule has 0 aliphatic carbocycles. The molecule has 164 valence electrons. The Morgan fingerprint density at radius 2 is 1.88 bits per heavy atom. The maximum Gasteiger partial charge on any atom is 0.332 e. The molecule has 0 unspecified atom stereocenters. The van der Waals surface area contributed by atoms with Gasteiger partial charge in [-0.05, 0) is 19.1 Å². The van der Waals surface area contributed by atoms with Crippen LogP contribution in [0.15, 0.2) is 46.2 Å². The first-order valence-electron chi connectivity index (χ1n) is 9.39. The number of rotatable bonds is 5. The van der Waals surface area contributed by atoms with Gasteiger partial charge >= 0.3 is 5.69 Å². The molecule has 1 amide bonds. The predicted molar refractivity (Wildman–Crippen MR) is 114 cm³/mol. The molecule has 0 saturated carbocycles. The number of hydrogen-bond acceptors (Lipinski definition) is 7. The van der Waals surface area contributed by atoms with Crippen molar-refractivity contribution < 1.29 is 9.72 Å². The zero-order valence-corrected chi connectivity index (χ0v) is 17.3. The zero-order valence-electron chi connectivity index (χ0n) is 17.3. The van der Waals surface area contributed by atoms with Crippen molar-refractivity contribution in [3.8, 4) is 5.69 Å². The second kappa shape index (κ2) is 7.61. The number of imidazole rings is 1. The highest BCUT2D eigenvalue weighted by atomic mass is 16.6. The van der Waals surface area contributed by atoms with Gasteiger partial charge in [0.1, 0.15) is 12.4 Å². The highest BCUT2D eigenvalue weighted by Gasteiger charge is 2.18. The van der Waals surface area contributed by atoms with Gasteiger partial charge in [0, 0.05) is 32.3 Å². The van der Waals surface area contributed by atoms with Crippen LogP contribution in [0.2, 0.25) is 0 Å². The number of nitrogens with one attached hydrogen (secondary N) is 1. The average molecular weight is 438 g/mol. The largest absolute Gasteiger partial charge is 0.332 e. The second-order valence-electron chi connectivity index (χ2n) is 7.17. The lowest BCUT2D eigenvalue weighted by molar-refractivity contribution is -0.384. The van der Waals surface area contributed by atoms with Crippen LogP contribution in [0.1, 0.15) is 5.69 Å². The Kier molecular flexibility index (Phi) is 4.92. The van der Waals surface area contributed by atoms with E-state index >= 15 is 0 Å². The van der Waals surface area contributed by atoms with Crippen molar-refractivity contribution in [1.29, 1.82) is 0 Å². The Morgan fingerprint density at radius 3 is 2.53 bits per heavy atom. The molecule has 1 N–H and O–H groups in total. The quantitative estimate of drug-likeness (QED) is 0.351. The average Bonchev–Trinajstić information content (AvgIpc) is 3.32. The molecule has 1 aromatic carbocycles. The molecule has 13 heteroatoms. The standard InChI is InChI=1S/C19H18N8O5/c1-11-8-14(26(22-11)12-4-6-13(7-5-12)27(31)32)21-15(28)9-25-18(29)16-17(20-10-23(16)2)24(3)19(25)30/h4-8,10H,9H2,1-3H3,(H,21,28). The summed E-state index contributed by atoms with van der Waals surface area (Å²) in [6, 6.07) is 7.24. The van der Waals surface area contributed by atoms with Crippen molar-refractivity contribution in [2.24, 2.45) is 14.1 Å². The Hall–Kier alpha value is -4.55. The molecular weight excluding hydrogens is 420 g/mol. The number of fused-ring (bicyclic) bond motifs is 1. The minimum atomic E-state index is -0.670. The van der Waals surface area contributed by atoms with E-state index in [2.05, 4.69) is 15.4 Å². The molecular formula is C19H18N8O5. The fourth-order valence-electron chi connectivity index (χ4n) is 3.36. The summed E-state index contributed by atoms with van der Waals surface area (Å²) in [5, 5.41) is 17.8. The third-order valence-electron chi connectivity index (χ3n) is 4.91. The van der Waals surface area contributed by atoms with E-state index in [9.17, 15) is 24.5 Å². The first kappa shape index (κ1) is 20.7.